The Bertz CT molecular complexity index is 335. The van der Waals surface area contributed by atoms with Crippen molar-refractivity contribution in [3.8, 4) is 11.5 Å². The maximum atomic E-state index is 10.6. The maximum absolute atomic E-state index is 10.6. The third-order valence-electron chi connectivity index (χ3n) is 1.64. The Balaban J connectivity index is 2.65. The van der Waals surface area contributed by atoms with Gasteiger partial charge in [0.2, 0.25) is 6.79 Å². The summed E-state index contributed by atoms with van der Waals surface area (Å²) in [6.07, 6.45) is 0.663. The number of fused-ring (bicyclic) bond motifs is 1. The fraction of sp³-hybridized carbons (Fsp3) is 0.125. The van der Waals surface area contributed by atoms with E-state index in [0.717, 1.165) is 0 Å². The Morgan fingerprint density at radius 1 is 1.42 bits per heavy atom. The molecule has 62 valence electrons. The van der Waals surface area contributed by atoms with Gasteiger partial charge in [-0.2, -0.15) is 0 Å². The maximum Gasteiger partial charge on any atom is 0.231 e. The van der Waals surface area contributed by atoms with E-state index in [-0.39, 0.29) is 6.79 Å². The zero-order valence-electron chi connectivity index (χ0n) is 6.04. The highest BCUT2D eigenvalue weighted by atomic mass is 35.5. The minimum absolute atomic E-state index is 0.149. The van der Waals surface area contributed by atoms with Crippen LogP contribution in [0.3, 0.4) is 0 Å². The van der Waals surface area contributed by atoms with Gasteiger partial charge in [0.15, 0.2) is 17.8 Å². The molecule has 0 radical (unpaired) electrons. The van der Waals surface area contributed by atoms with Crippen molar-refractivity contribution in [2.75, 3.05) is 6.79 Å². The molecule has 0 saturated heterocycles. The largest absolute Gasteiger partial charge is 0.454 e. The molecule has 0 atom stereocenters. The number of hydrogen-bond donors (Lipinski definition) is 0. The fourth-order valence-electron chi connectivity index (χ4n) is 1.08. The lowest BCUT2D eigenvalue weighted by atomic mass is 10.2. The van der Waals surface area contributed by atoms with E-state index in [1.165, 1.54) is 0 Å². The normalized spacial score (nSPS) is 13.1. The molecular weight excluding hydrogens is 180 g/mol. The van der Waals surface area contributed by atoms with E-state index in [1.54, 1.807) is 12.1 Å². The quantitative estimate of drug-likeness (QED) is 0.626. The van der Waals surface area contributed by atoms with Crippen LogP contribution < -0.4 is 9.47 Å². The topological polar surface area (TPSA) is 35.5 Å². The van der Waals surface area contributed by atoms with Crippen molar-refractivity contribution < 1.29 is 14.3 Å². The van der Waals surface area contributed by atoms with Crippen LogP contribution in [0.15, 0.2) is 12.1 Å². The molecule has 12 heavy (non-hydrogen) atoms. The molecular formula is C8H5ClO3. The lowest BCUT2D eigenvalue weighted by Gasteiger charge is -1.99. The predicted octanol–water partition coefficient (Wildman–Crippen LogP) is 1.88. The van der Waals surface area contributed by atoms with Gasteiger partial charge in [0.05, 0.1) is 10.6 Å². The predicted molar refractivity (Wildman–Crippen MR) is 43.0 cm³/mol. The number of aldehydes is 1. The van der Waals surface area contributed by atoms with Crippen molar-refractivity contribution in [2.45, 2.75) is 0 Å². The standard InChI is InChI=1S/C8H5ClO3/c9-6-1-2-7-8(5(6)3-10)12-4-11-7/h1-3H,4H2. The van der Waals surface area contributed by atoms with E-state index in [0.29, 0.717) is 28.4 Å². The van der Waals surface area contributed by atoms with Crippen molar-refractivity contribution in [2.24, 2.45) is 0 Å². The summed E-state index contributed by atoms with van der Waals surface area (Å²) in [7, 11) is 0. The molecule has 0 bridgehead atoms. The fourth-order valence-corrected chi connectivity index (χ4v) is 1.27. The monoisotopic (exact) mass is 184 g/mol. The van der Waals surface area contributed by atoms with Crippen LogP contribution in [0.2, 0.25) is 5.02 Å². The van der Waals surface area contributed by atoms with Gasteiger partial charge in [-0.05, 0) is 12.1 Å². The van der Waals surface area contributed by atoms with Crippen LogP contribution in [-0.2, 0) is 0 Å². The van der Waals surface area contributed by atoms with Gasteiger partial charge >= 0.3 is 0 Å². The second-order valence-electron chi connectivity index (χ2n) is 2.31. The third kappa shape index (κ3) is 0.940. The molecule has 1 aliphatic heterocycles. The number of benzene rings is 1. The van der Waals surface area contributed by atoms with Gasteiger partial charge in [-0.3, -0.25) is 4.79 Å². The van der Waals surface area contributed by atoms with Crippen molar-refractivity contribution in [3.05, 3.63) is 22.7 Å². The number of ether oxygens (including phenoxy) is 2. The zero-order valence-corrected chi connectivity index (χ0v) is 6.80. The first kappa shape index (κ1) is 7.43. The molecule has 3 nitrogen and oxygen atoms in total. The summed E-state index contributed by atoms with van der Waals surface area (Å²) >= 11 is 5.74. The Hall–Kier alpha value is -1.22. The molecule has 2 rings (SSSR count). The van der Waals surface area contributed by atoms with E-state index in [1.807, 2.05) is 0 Å². The summed E-state index contributed by atoms with van der Waals surface area (Å²) < 4.78 is 10.1. The SMILES string of the molecule is O=Cc1c(Cl)ccc2c1OCO2. The summed E-state index contributed by atoms with van der Waals surface area (Å²) in [6.45, 7) is 0.149. The minimum atomic E-state index is 0.149. The van der Waals surface area contributed by atoms with Gasteiger partial charge in [-0.25, -0.2) is 0 Å². The highest BCUT2D eigenvalue weighted by Crippen LogP contribution is 2.38. The number of rotatable bonds is 1. The van der Waals surface area contributed by atoms with Crippen LogP contribution in [-0.4, -0.2) is 13.1 Å². The van der Waals surface area contributed by atoms with Crippen molar-refractivity contribution in [1.29, 1.82) is 0 Å². The van der Waals surface area contributed by atoms with Crippen LogP contribution in [0.1, 0.15) is 10.4 Å². The molecule has 0 N–H and O–H groups in total. The molecule has 0 aliphatic carbocycles. The zero-order chi connectivity index (χ0) is 8.55. The van der Waals surface area contributed by atoms with Crippen LogP contribution in [0.5, 0.6) is 11.5 Å². The van der Waals surface area contributed by atoms with Gasteiger partial charge < -0.3 is 9.47 Å². The first-order chi connectivity index (χ1) is 5.83. The molecule has 0 spiro atoms. The van der Waals surface area contributed by atoms with Gasteiger partial charge in [0, 0.05) is 0 Å². The summed E-state index contributed by atoms with van der Waals surface area (Å²) in [5.74, 6) is 1.01. The second-order valence-corrected chi connectivity index (χ2v) is 2.72. The van der Waals surface area contributed by atoms with Gasteiger partial charge in [-0.1, -0.05) is 11.6 Å². The molecule has 0 fully saturated rings. The first-order valence-electron chi connectivity index (χ1n) is 3.36. The average Bonchev–Trinajstić information content (AvgIpc) is 2.52. The second kappa shape index (κ2) is 2.68. The Morgan fingerprint density at radius 3 is 3.00 bits per heavy atom. The Labute approximate surface area is 73.8 Å². The van der Waals surface area contributed by atoms with E-state index in [4.69, 9.17) is 21.1 Å². The van der Waals surface area contributed by atoms with Crippen molar-refractivity contribution in [1.82, 2.24) is 0 Å². The van der Waals surface area contributed by atoms with Crippen LogP contribution in [0.4, 0.5) is 0 Å². The number of carbonyl (C=O) groups excluding carboxylic acids is 1. The van der Waals surface area contributed by atoms with E-state index < -0.39 is 0 Å². The minimum Gasteiger partial charge on any atom is -0.454 e. The molecule has 0 saturated carbocycles. The third-order valence-corrected chi connectivity index (χ3v) is 1.97. The van der Waals surface area contributed by atoms with Crippen molar-refractivity contribution in [3.63, 3.8) is 0 Å². The van der Waals surface area contributed by atoms with Crippen molar-refractivity contribution >= 4 is 17.9 Å². The smallest absolute Gasteiger partial charge is 0.231 e. The highest BCUT2D eigenvalue weighted by molar-refractivity contribution is 6.33. The van der Waals surface area contributed by atoms with Gasteiger partial charge in [0.1, 0.15) is 0 Å². The summed E-state index contributed by atoms with van der Waals surface area (Å²) in [5, 5.41) is 0.384. The summed E-state index contributed by atoms with van der Waals surface area (Å²) in [6, 6.07) is 3.29. The number of hydrogen-bond acceptors (Lipinski definition) is 3. The molecule has 0 aromatic heterocycles. The van der Waals surface area contributed by atoms with Gasteiger partial charge in [-0.15, -0.1) is 0 Å². The van der Waals surface area contributed by atoms with E-state index in [9.17, 15) is 4.79 Å². The Kier molecular flexibility index (Phi) is 1.66. The molecule has 1 heterocycles. The van der Waals surface area contributed by atoms with Gasteiger partial charge in [0.25, 0.3) is 0 Å². The summed E-state index contributed by atoms with van der Waals surface area (Å²) in [5.41, 5.74) is 0.353. The molecule has 1 aromatic carbocycles. The van der Waals surface area contributed by atoms with E-state index in [2.05, 4.69) is 0 Å². The lowest BCUT2D eigenvalue weighted by molar-refractivity contribution is 0.111. The van der Waals surface area contributed by atoms with Crippen LogP contribution in [0, 0.1) is 0 Å². The highest BCUT2D eigenvalue weighted by Gasteiger charge is 2.19. The molecule has 0 unspecified atom stereocenters. The first-order valence-corrected chi connectivity index (χ1v) is 3.74. The molecule has 1 aromatic rings. The van der Waals surface area contributed by atoms with Crippen LogP contribution in [0.25, 0.3) is 0 Å². The van der Waals surface area contributed by atoms with E-state index >= 15 is 0 Å². The van der Waals surface area contributed by atoms with Crippen LogP contribution >= 0.6 is 11.6 Å². The summed E-state index contributed by atoms with van der Waals surface area (Å²) in [4.78, 5) is 10.6. The molecule has 4 heteroatoms. The lowest BCUT2D eigenvalue weighted by Crippen LogP contribution is -1.94. The average molecular weight is 185 g/mol. The number of halogens is 1. The Morgan fingerprint density at radius 2 is 2.25 bits per heavy atom. The molecule has 1 aliphatic rings. The molecule has 0 amide bonds. The number of carbonyl (C=O) groups is 1.